The molecule has 132 valence electrons. The van der Waals surface area contributed by atoms with Crippen LogP contribution in [0.1, 0.15) is 37.0 Å². The van der Waals surface area contributed by atoms with E-state index < -0.39 is 11.4 Å². The normalized spacial score (nSPS) is 23.6. The maximum Gasteiger partial charge on any atom is 0.222 e. The molecular formula is C22H26O3. The molecule has 2 unspecified atom stereocenters. The molecule has 2 atom stereocenters. The van der Waals surface area contributed by atoms with E-state index in [-0.39, 0.29) is 0 Å². The Hall–Kier alpha value is -1.94. The van der Waals surface area contributed by atoms with Crippen molar-refractivity contribution in [1.82, 2.24) is 0 Å². The summed E-state index contributed by atoms with van der Waals surface area (Å²) in [4.78, 5) is 0. The molecule has 0 bridgehead atoms. The van der Waals surface area contributed by atoms with Gasteiger partial charge in [0, 0.05) is 25.3 Å². The van der Waals surface area contributed by atoms with Gasteiger partial charge in [0.1, 0.15) is 5.60 Å². The lowest BCUT2D eigenvalue weighted by Gasteiger charge is -2.36. The van der Waals surface area contributed by atoms with Gasteiger partial charge in [-0.05, 0) is 30.9 Å². The van der Waals surface area contributed by atoms with Crippen molar-refractivity contribution in [2.24, 2.45) is 5.92 Å². The summed E-state index contributed by atoms with van der Waals surface area (Å²) in [7, 11) is 3.27. The summed E-state index contributed by atoms with van der Waals surface area (Å²) in [6.45, 7) is 4.21. The zero-order valence-corrected chi connectivity index (χ0v) is 15.3. The van der Waals surface area contributed by atoms with Gasteiger partial charge in [-0.1, -0.05) is 67.1 Å². The van der Waals surface area contributed by atoms with Crippen LogP contribution < -0.4 is 0 Å². The van der Waals surface area contributed by atoms with Crippen molar-refractivity contribution in [2.75, 3.05) is 14.2 Å². The molecule has 0 spiro atoms. The number of hydrogen-bond donors (Lipinski definition) is 1. The van der Waals surface area contributed by atoms with E-state index in [0.29, 0.717) is 12.3 Å². The second-order valence-electron chi connectivity index (χ2n) is 6.85. The lowest BCUT2D eigenvalue weighted by Crippen LogP contribution is -2.36. The van der Waals surface area contributed by atoms with Gasteiger partial charge in [-0.15, -0.1) is 0 Å². The topological polar surface area (TPSA) is 38.7 Å². The summed E-state index contributed by atoms with van der Waals surface area (Å²) in [5.41, 5.74) is 2.73. The predicted molar refractivity (Wildman–Crippen MR) is 99.1 cm³/mol. The highest BCUT2D eigenvalue weighted by atomic mass is 16.7. The fourth-order valence-electron chi connectivity index (χ4n) is 3.89. The van der Waals surface area contributed by atoms with Crippen molar-refractivity contribution in [1.29, 1.82) is 0 Å². The molecule has 0 fully saturated rings. The molecule has 1 aliphatic carbocycles. The largest absolute Gasteiger partial charge is 0.381 e. The molecule has 3 rings (SSSR count). The molecule has 0 heterocycles. The van der Waals surface area contributed by atoms with Crippen LogP contribution >= 0.6 is 0 Å². The zero-order chi connectivity index (χ0) is 18.1. The van der Waals surface area contributed by atoms with Gasteiger partial charge >= 0.3 is 0 Å². The van der Waals surface area contributed by atoms with Crippen LogP contribution in [0.25, 0.3) is 0 Å². The number of hydrogen-bond acceptors (Lipinski definition) is 3. The molecule has 0 saturated carbocycles. The monoisotopic (exact) mass is 338 g/mol. The first-order valence-electron chi connectivity index (χ1n) is 8.64. The maximum atomic E-state index is 11.4. The van der Waals surface area contributed by atoms with E-state index >= 15 is 0 Å². The molecule has 25 heavy (non-hydrogen) atoms. The highest BCUT2D eigenvalue weighted by Gasteiger charge is 2.43. The average molecular weight is 338 g/mol. The number of rotatable bonds is 5. The van der Waals surface area contributed by atoms with Crippen molar-refractivity contribution in [3.63, 3.8) is 0 Å². The van der Waals surface area contributed by atoms with E-state index in [1.807, 2.05) is 60.7 Å². The SMILES string of the molecule is COC(OC)(c1ccccc1)c1ccccc1C1(O)C=C(C)C(C)C1. The second-order valence-corrected chi connectivity index (χ2v) is 6.85. The summed E-state index contributed by atoms with van der Waals surface area (Å²) >= 11 is 0. The van der Waals surface area contributed by atoms with Crippen LogP contribution in [0.15, 0.2) is 66.2 Å². The van der Waals surface area contributed by atoms with Gasteiger partial charge in [-0.25, -0.2) is 0 Å². The number of benzene rings is 2. The Labute approximate surface area is 149 Å². The van der Waals surface area contributed by atoms with E-state index in [2.05, 4.69) is 13.8 Å². The Balaban J connectivity index is 2.21. The van der Waals surface area contributed by atoms with Gasteiger partial charge in [0.2, 0.25) is 5.79 Å². The minimum absolute atomic E-state index is 0.342. The van der Waals surface area contributed by atoms with E-state index in [9.17, 15) is 5.11 Å². The van der Waals surface area contributed by atoms with Crippen LogP contribution in [0, 0.1) is 5.92 Å². The van der Waals surface area contributed by atoms with E-state index in [4.69, 9.17) is 9.47 Å². The third-order valence-corrected chi connectivity index (χ3v) is 5.34. The minimum Gasteiger partial charge on any atom is -0.381 e. The van der Waals surface area contributed by atoms with Crippen LogP contribution in [0.4, 0.5) is 0 Å². The van der Waals surface area contributed by atoms with Crippen LogP contribution in [-0.4, -0.2) is 19.3 Å². The second kappa shape index (κ2) is 6.75. The first-order chi connectivity index (χ1) is 12.0. The van der Waals surface area contributed by atoms with Gasteiger partial charge in [0.15, 0.2) is 0 Å². The maximum absolute atomic E-state index is 11.4. The van der Waals surface area contributed by atoms with Gasteiger partial charge in [-0.2, -0.15) is 0 Å². The van der Waals surface area contributed by atoms with E-state index in [0.717, 1.165) is 16.7 Å². The number of methoxy groups -OCH3 is 2. The summed E-state index contributed by atoms with van der Waals surface area (Å²) in [5.74, 6) is -0.726. The quantitative estimate of drug-likeness (QED) is 0.650. The molecule has 0 aromatic heterocycles. The first kappa shape index (κ1) is 17.9. The number of aliphatic hydroxyl groups is 1. The minimum atomic E-state index is -1.07. The molecule has 0 radical (unpaired) electrons. The lowest BCUT2D eigenvalue weighted by molar-refractivity contribution is -0.185. The van der Waals surface area contributed by atoms with Crippen molar-refractivity contribution in [2.45, 2.75) is 31.7 Å². The Kier molecular flexibility index (Phi) is 4.83. The summed E-state index contributed by atoms with van der Waals surface area (Å²) in [6.07, 6.45) is 2.63. The van der Waals surface area contributed by atoms with Crippen molar-refractivity contribution < 1.29 is 14.6 Å². The molecule has 0 amide bonds. The Morgan fingerprint density at radius 1 is 1.00 bits per heavy atom. The molecule has 2 aromatic carbocycles. The first-order valence-corrected chi connectivity index (χ1v) is 8.64. The Morgan fingerprint density at radius 2 is 1.60 bits per heavy atom. The van der Waals surface area contributed by atoms with Gasteiger partial charge < -0.3 is 14.6 Å². The van der Waals surface area contributed by atoms with Crippen molar-refractivity contribution in [3.05, 3.63) is 82.9 Å². The standard InChI is InChI=1S/C22H26O3/c1-16-14-21(23,15-17(16)2)19-12-8-9-13-20(19)22(24-3,25-4)18-10-6-5-7-11-18/h5-14,17,23H,15H2,1-4H3. The smallest absolute Gasteiger partial charge is 0.222 e. The number of allylic oxidation sites excluding steroid dienone is 1. The van der Waals surface area contributed by atoms with Crippen LogP contribution in [0.3, 0.4) is 0 Å². The molecular weight excluding hydrogens is 312 g/mol. The van der Waals surface area contributed by atoms with Crippen molar-refractivity contribution >= 4 is 0 Å². The fraction of sp³-hybridized carbons (Fsp3) is 0.364. The third-order valence-electron chi connectivity index (χ3n) is 5.34. The van der Waals surface area contributed by atoms with E-state index in [1.165, 1.54) is 5.57 Å². The Bertz CT molecular complexity index is 762. The van der Waals surface area contributed by atoms with Crippen LogP contribution in [0.5, 0.6) is 0 Å². The lowest BCUT2D eigenvalue weighted by atomic mass is 9.83. The molecule has 3 heteroatoms. The fourth-order valence-corrected chi connectivity index (χ4v) is 3.89. The average Bonchev–Trinajstić information content (AvgIpc) is 2.91. The zero-order valence-electron chi connectivity index (χ0n) is 15.3. The highest BCUT2D eigenvalue weighted by molar-refractivity contribution is 5.45. The summed E-state index contributed by atoms with van der Waals surface area (Å²) in [5, 5.41) is 11.4. The third kappa shape index (κ3) is 2.93. The molecule has 1 aliphatic rings. The van der Waals surface area contributed by atoms with Gasteiger partial charge in [-0.3, -0.25) is 0 Å². The molecule has 1 N–H and O–H groups in total. The Morgan fingerprint density at radius 3 is 2.16 bits per heavy atom. The van der Waals surface area contributed by atoms with Crippen LogP contribution in [-0.2, 0) is 20.9 Å². The van der Waals surface area contributed by atoms with Gasteiger partial charge in [0.25, 0.3) is 0 Å². The predicted octanol–water partition coefficient (Wildman–Crippen LogP) is 4.35. The molecule has 2 aromatic rings. The summed E-state index contributed by atoms with van der Waals surface area (Å²) < 4.78 is 11.8. The van der Waals surface area contributed by atoms with Crippen LogP contribution in [0.2, 0.25) is 0 Å². The van der Waals surface area contributed by atoms with Gasteiger partial charge in [0.05, 0.1) is 0 Å². The van der Waals surface area contributed by atoms with Crippen molar-refractivity contribution in [3.8, 4) is 0 Å². The molecule has 0 aliphatic heterocycles. The van der Waals surface area contributed by atoms with E-state index in [1.54, 1.807) is 14.2 Å². The summed E-state index contributed by atoms with van der Waals surface area (Å²) in [6, 6.07) is 17.7. The number of ether oxygens (including phenoxy) is 2. The molecule has 3 nitrogen and oxygen atoms in total. The highest BCUT2D eigenvalue weighted by Crippen LogP contribution is 2.45. The molecule has 0 saturated heterocycles.